The minimum atomic E-state index is -4.55. The van der Waals surface area contributed by atoms with Crippen LogP contribution >= 0.6 is 11.3 Å². The topological polar surface area (TPSA) is 72.0 Å². The molecule has 1 aromatic heterocycles. The fourth-order valence-corrected chi connectivity index (χ4v) is 3.86. The van der Waals surface area contributed by atoms with E-state index in [9.17, 15) is 22.8 Å². The van der Waals surface area contributed by atoms with Crippen molar-refractivity contribution >= 4 is 28.8 Å². The third kappa shape index (κ3) is 4.91. The standard InChI is InChI=1S/C20H18F3N3O4S/c1-4-17-24-15(10-31-17)18(27)26(12-7-13(29-2)9-14(8-12)30-3)16-5-6-25(19(16)28)11-20(21,22)23/h1,7-10,16H,5-6,11H2,2-3H3/t16-/m0/s1. The van der Waals surface area contributed by atoms with Crippen molar-refractivity contribution in [2.24, 2.45) is 0 Å². The van der Waals surface area contributed by atoms with E-state index in [1.54, 1.807) is 6.07 Å². The number of nitrogens with zero attached hydrogens (tertiary/aromatic N) is 3. The molecule has 1 aliphatic heterocycles. The van der Waals surface area contributed by atoms with Gasteiger partial charge in [-0.3, -0.25) is 14.5 Å². The predicted molar refractivity (Wildman–Crippen MR) is 107 cm³/mol. The summed E-state index contributed by atoms with van der Waals surface area (Å²) < 4.78 is 49.0. The average Bonchev–Trinajstić information content (AvgIpc) is 3.35. The number of hydrogen-bond acceptors (Lipinski definition) is 6. The third-order valence-electron chi connectivity index (χ3n) is 4.63. The van der Waals surface area contributed by atoms with Crippen LogP contribution in [-0.2, 0) is 4.79 Å². The molecule has 3 rings (SSSR count). The number of hydrogen-bond donors (Lipinski definition) is 0. The predicted octanol–water partition coefficient (Wildman–Crippen LogP) is 2.95. The number of benzene rings is 1. The van der Waals surface area contributed by atoms with Crippen LogP contribution in [0, 0.1) is 12.3 Å². The molecule has 0 unspecified atom stereocenters. The summed E-state index contributed by atoms with van der Waals surface area (Å²) in [6.07, 6.45) is 0.794. The molecule has 0 N–H and O–H groups in total. The Hall–Kier alpha value is -3.26. The zero-order valence-corrected chi connectivity index (χ0v) is 17.4. The summed E-state index contributed by atoms with van der Waals surface area (Å²) in [7, 11) is 2.83. The molecule has 11 heteroatoms. The van der Waals surface area contributed by atoms with E-state index in [0.29, 0.717) is 16.4 Å². The number of rotatable bonds is 6. The largest absolute Gasteiger partial charge is 0.497 e. The number of amides is 2. The minimum absolute atomic E-state index is 0.0122. The molecule has 31 heavy (non-hydrogen) atoms. The summed E-state index contributed by atoms with van der Waals surface area (Å²) in [5.41, 5.74) is 0.213. The fourth-order valence-electron chi connectivity index (χ4n) is 3.27. The Labute approximate surface area is 180 Å². The van der Waals surface area contributed by atoms with Gasteiger partial charge in [0.2, 0.25) is 5.91 Å². The fraction of sp³-hybridized carbons (Fsp3) is 0.350. The van der Waals surface area contributed by atoms with Crippen molar-refractivity contribution in [3.8, 4) is 23.8 Å². The number of carbonyl (C=O) groups is 2. The van der Waals surface area contributed by atoms with E-state index in [1.807, 2.05) is 0 Å². The first-order valence-corrected chi connectivity index (χ1v) is 9.89. The number of halogens is 3. The van der Waals surface area contributed by atoms with E-state index in [2.05, 4.69) is 10.9 Å². The number of ether oxygens (including phenoxy) is 2. The number of aromatic nitrogens is 1. The maximum absolute atomic E-state index is 13.3. The van der Waals surface area contributed by atoms with Crippen LogP contribution in [0.25, 0.3) is 0 Å². The number of terminal acetylenes is 1. The van der Waals surface area contributed by atoms with Crippen LogP contribution in [0.1, 0.15) is 21.9 Å². The van der Waals surface area contributed by atoms with E-state index in [1.165, 1.54) is 31.7 Å². The van der Waals surface area contributed by atoms with Gasteiger partial charge in [-0.1, -0.05) is 0 Å². The molecule has 7 nitrogen and oxygen atoms in total. The molecule has 2 heterocycles. The molecule has 1 aliphatic rings. The number of alkyl halides is 3. The van der Waals surface area contributed by atoms with Gasteiger partial charge in [0.1, 0.15) is 29.8 Å². The van der Waals surface area contributed by atoms with Crippen molar-refractivity contribution in [3.05, 3.63) is 34.3 Å². The third-order valence-corrected chi connectivity index (χ3v) is 5.40. The minimum Gasteiger partial charge on any atom is -0.497 e. The highest BCUT2D eigenvalue weighted by atomic mass is 32.1. The second-order valence-electron chi connectivity index (χ2n) is 6.61. The van der Waals surface area contributed by atoms with Gasteiger partial charge < -0.3 is 14.4 Å². The Morgan fingerprint density at radius 2 is 1.97 bits per heavy atom. The molecular weight excluding hydrogens is 435 g/mol. The van der Waals surface area contributed by atoms with Crippen molar-refractivity contribution in [2.75, 3.05) is 32.2 Å². The average molecular weight is 453 g/mol. The van der Waals surface area contributed by atoms with Gasteiger partial charge in [0, 0.05) is 30.1 Å². The van der Waals surface area contributed by atoms with Crippen LogP contribution in [0.3, 0.4) is 0 Å². The Kier molecular flexibility index (Phi) is 6.40. The molecule has 1 atom stereocenters. The molecule has 0 bridgehead atoms. The lowest BCUT2D eigenvalue weighted by molar-refractivity contribution is -0.157. The first-order valence-electron chi connectivity index (χ1n) is 9.01. The van der Waals surface area contributed by atoms with Crippen LogP contribution in [0.5, 0.6) is 11.5 Å². The van der Waals surface area contributed by atoms with E-state index in [-0.39, 0.29) is 29.4 Å². The van der Waals surface area contributed by atoms with Gasteiger partial charge in [-0.25, -0.2) is 4.98 Å². The van der Waals surface area contributed by atoms with Crippen LogP contribution in [0.2, 0.25) is 0 Å². The summed E-state index contributed by atoms with van der Waals surface area (Å²) >= 11 is 1.07. The van der Waals surface area contributed by atoms with Crippen molar-refractivity contribution < 1.29 is 32.2 Å². The Morgan fingerprint density at radius 3 is 2.48 bits per heavy atom. The summed E-state index contributed by atoms with van der Waals surface area (Å²) in [4.78, 5) is 32.0. The SMILES string of the molecule is C#Cc1nc(C(=O)N(c2cc(OC)cc(OC)c2)[C@H]2CCN(CC(F)(F)F)C2=O)cs1. The molecule has 164 valence electrons. The van der Waals surface area contributed by atoms with E-state index in [4.69, 9.17) is 15.9 Å². The van der Waals surface area contributed by atoms with Crippen molar-refractivity contribution in [1.82, 2.24) is 9.88 Å². The monoisotopic (exact) mass is 453 g/mol. The molecule has 2 amide bonds. The normalized spacial score (nSPS) is 16.2. The quantitative estimate of drug-likeness (QED) is 0.629. The number of anilines is 1. The lowest BCUT2D eigenvalue weighted by Crippen LogP contribution is -2.47. The molecule has 1 saturated heterocycles. The van der Waals surface area contributed by atoms with Crippen LogP contribution in [0.4, 0.5) is 18.9 Å². The molecule has 0 saturated carbocycles. The second kappa shape index (κ2) is 8.85. The van der Waals surface area contributed by atoms with Crippen molar-refractivity contribution in [2.45, 2.75) is 18.6 Å². The van der Waals surface area contributed by atoms with Crippen LogP contribution in [-0.4, -0.2) is 61.2 Å². The maximum Gasteiger partial charge on any atom is 0.406 e. The zero-order chi connectivity index (χ0) is 22.8. The van der Waals surface area contributed by atoms with Gasteiger partial charge in [0.25, 0.3) is 5.91 Å². The highest BCUT2D eigenvalue weighted by Gasteiger charge is 2.44. The Balaban J connectivity index is 2.04. The van der Waals surface area contributed by atoms with Crippen molar-refractivity contribution in [1.29, 1.82) is 0 Å². The van der Waals surface area contributed by atoms with Crippen LogP contribution < -0.4 is 14.4 Å². The molecular formula is C20H18F3N3O4S. The molecule has 1 aromatic carbocycles. The summed E-state index contributed by atoms with van der Waals surface area (Å²) in [6, 6.07) is 3.41. The first kappa shape index (κ1) is 22.4. The second-order valence-corrected chi connectivity index (χ2v) is 7.47. The summed E-state index contributed by atoms with van der Waals surface area (Å²) in [5.74, 6) is 1.53. The molecule has 1 fully saturated rings. The van der Waals surface area contributed by atoms with Gasteiger partial charge in [-0.05, 0) is 12.3 Å². The zero-order valence-electron chi connectivity index (χ0n) is 16.6. The Morgan fingerprint density at radius 1 is 1.32 bits per heavy atom. The Bertz CT molecular complexity index is 1010. The number of thiazole rings is 1. The van der Waals surface area contributed by atoms with Crippen LogP contribution in [0.15, 0.2) is 23.6 Å². The highest BCUT2D eigenvalue weighted by Crippen LogP contribution is 2.34. The lowest BCUT2D eigenvalue weighted by Gasteiger charge is -2.28. The van der Waals surface area contributed by atoms with Gasteiger partial charge in [-0.2, -0.15) is 13.2 Å². The highest BCUT2D eigenvalue weighted by molar-refractivity contribution is 7.10. The first-order chi connectivity index (χ1) is 14.7. The van der Waals surface area contributed by atoms with Gasteiger partial charge >= 0.3 is 6.18 Å². The molecule has 0 spiro atoms. The van der Waals surface area contributed by atoms with E-state index in [0.717, 1.165) is 16.2 Å². The number of methoxy groups -OCH3 is 2. The summed E-state index contributed by atoms with van der Waals surface area (Å²) in [5, 5.41) is 1.71. The van der Waals surface area contributed by atoms with Crippen molar-refractivity contribution in [3.63, 3.8) is 0 Å². The van der Waals surface area contributed by atoms with Gasteiger partial charge in [0.15, 0.2) is 5.01 Å². The number of carbonyl (C=O) groups excluding carboxylic acids is 2. The summed E-state index contributed by atoms with van der Waals surface area (Å²) in [6.45, 7) is -1.52. The maximum atomic E-state index is 13.3. The molecule has 0 radical (unpaired) electrons. The van der Waals surface area contributed by atoms with E-state index < -0.39 is 30.6 Å². The van der Waals surface area contributed by atoms with E-state index >= 15 is 0 Å². The molecule has 2 aromatic rings. The molecule has 0 aliphatic carbocycles. The number of likely N-dealkylation sites (tertiary alicyclic amines) is 1. The van der Waals surface area contributed by atoms with Gasteiger partial charge in [-0.15, -0.1) is 17.8 Å². The smallest absolute Gasteiger partial charge is 0.406 e. The van der Waals surface area contributed by atoms with Gasteiger partial charge in [0.05, 0.1) is 19.9 Å². The lowest BCUT2D eigenvalue weighted by atomic mass is 10.1.